The molecule has 1 atom stereocenters. The molecule has 0 aliphatic carbocycles. The topological polar surface area (TPSA) is 71.1 Å². The van der Waals surface area contributed by atoms with Gasteiger partial charge < -0.3 is 10.6 Å². The Labute approximate surface area is 178 Å². The summed E-state index contributed by atoms with van der Waals surface area (Å²) in [6.07, 6.45) is 0. The number of nitrogens with zero attached hydrogens (tertiary/aromatic N) is 1. The number of Topliss-reactive ketones (excluding diaryl/α,β-unsaturated/α-hetero) is 1. The van der Waals surface area contributed by atoms with E-state index in [4.69, 9.17) is 0 Å². The second-order valence-electron chi connectivity index (χ2n) is 7.05. The maximum atomic E-state index is 12.5. The monoisotopic (exact) mass is 415 g/mol. The van der Waals surface area contributed by atoms with E-state index in [-0.39, 0.29) is 11.7 Å². The molecule has 0 aliphatic rings. The van der Waals surface area contributed by atoms with Gasteiger partial charge in [-0.05, 0) is 74.5 Å². The van der Waals surface area contributed by atoms with E-state index in [2.05, 4.69) is 21.7 Å². The quantitative estimate of drug-likeness (QED) is 0.402. The van der Waals surface area contributed by atoms with Gasteiger partial charge in [-0.3, -0.25) is 9.59 Å². The summed E-state index contributed by atoms with van der Waals surface area (Å²) < 4.78 is 1.16. The minimum atomic E-state index is -0.425. The molecule has 0 radical (unpaired) electrons. The molecule has 0 saturated carbocycles. The number of rotatable bonds is 6. The Morgan fingerprint density at radius 3 is 2.23 bits per heavy atom. The predicted octanol–water partition coefficient (Wildman–Crippen LogP) is 5.61. The van der Waals surface area contributed by atoms with Crippen molar-refractivity contribution >= 4 is 44.6 Å². The first-order valence-corrected chi connectivity index (χ1v) is 10.5. The molecule has 2 N–H and O–H groups in total. The summed E-state index contributed by atoms with van der Waals surface area (Å²) in [5.74, 6) is -0.155. The third-order valence-electron chi connectivity index (χ3n) is 4.76. The van der Waals surface area contributed by atoms with Crippen LogP contribution < -0.4 is 10.6 Å². The number of thiazole rings is 1. The largest absolute Gasteiger partial charge is 0.374 e. The Kier molecular flexibility index (Phi) is 5.59. The van der Waals surface area contributed by atoms with Crippen molar-refractivity contribution in [2.75, 3.05) is 10.6 Å². The molecule has 1 amide bonds. The van der Waals surface area contributed by atoms with Gasteiger partial charge in [-0.2, -0.15) is 0 Å². The first kappa shape index (κ1) is 19.8. The highest BCUT2D eigenvalue weighted by Crippen LogP contribution is 2.30. The number of aromatic nitrogens is 1. The molecule has 0 spiro atoms. The van der Waals surface area contributed by atoms with Gasteiger partial charge in [-0.1, -0.05) is 12.1 Å². The molecule has 30 heavy (non-hydrogen) atoms. The second kappa shape index (κ2) is 8.47. The number of para-hydroxylation sites is 1. The van der Waals surface area contributed by atoms with Crippen molar-refractivity contribution in [3.63, 3.8) is 0 Å². The first-order chi connectivity index (χ1) is 14.5. The maximum absolute atomic E-state index is 12.5. The summed E-state index contributed by atoms with van der Waals surface area (Å²) in [7, 11) is 0. The van der Waals surface area contributed by atoms with Crippen LogP contribution in [0.3, 0.4) is 0 Å². The highest BCUT2D eigenvalue weighted by molar-refractivity contribution is 7.21. The molecule has 6 heteroatoms. The van der Waals surface area contributed by atoms with Crippen molar-refractivity contribution in [3.8, 4) is 10.6 Å². The number of anilines is 2. The number of hydrogen-bond acceptors (Lipinski definition) is 5. The number of hydrogen-bond donors (Lipinski definition) is 2. The normalized spacial score (nSPS) is 11.8. The van der Waals surface area contributed by atoms with Gasteiger partial charge >= 0.3 is 0 Å². The van der Waals surface area contributed by atoms with Crippen LogP contribution in [0.25, 0.3) is 20.8 Å². The van der Waals surface area contributed by atoms with Crippen LogP contribution in [0.1, 0.15) is 24.2 Å². The van der Waals surface area contributed by atoms with E-state index in [1.165, 1.54) is 6.92 Å². The van der Waals surface area contributed by atoms with Crippen LogP contribution in [0.2, 0.25) is 0 Å². The van der Waals surface area contributed by atoms with Crippen LogP contribution in [0, 0.1) is 0 Å². The van der Waals surface area contributed by atoms with Crippen LogP contribution >= 0.6 is 11.3 Å². The molecule has 0 aliphatic heterocycles. The average molecular weight is 416 g/mol. The van der Waals surface area contributed by atoms with Gasteiger partial charge in [0.05, 0.1) is 10.2 Å². The summed E-state index contributed by atoms with van der Waals surface area (Å²) in [5, 5.41) is 7.05. The lowest BCUT2D eigenvalue weighted by Gasteiger charge is -2.15. The third kappa shape index (κ3) is 4.39. The van der Waals surface area contributed by atoms with E-state index >= 15 is 0 Å². The summed E-state index contributed by atoms with van der Waals surface area (Å²) in [6, 6.07) is 22.4. The molecule has 0 saturated heterocycles. The summed E-state index contributed by atoms with van der Waals surface area (Å²) in [5.41, 5.74) is 4.18. The Morgan fingerprint density at radius 2 is 1.57 bits per heavy atom. The van der Waals surface area contributed by atoms with Gasteiger partial charge in [0.15, 0.2) is 5.78 Å². The van der Waals surface area contributed by atoms with Crippen molar-refractivity contribution in [2.24, 2.45) is 0 Å². The zero-order valence-electron chi connectivity index (χ0n) is 16.7. The van der Waals surface area contributed by atoms with E-state index in [0.29, 0.717) is 11.3 Å². The summed E-state index contributed by atoms with van der Waals surface area (Å²) in [6.45, 7) is 3.32. The van der Waals surface area contributed by atoms with Gasteiger partial charge in [0.25, 0.3) is 0 Å². The van der Waals surface area contributed by atoms with Gasteiger partial charge in [0.2, 0.25) is 5.91 Å². The minimum absolute atomic E-state index is 0.00259. The molecule has 1 aromatic heterocycles. The molecule has 0 unspecified atom stereocenters. The van der Waals surface area contributed by atoms with Crippen LogP contribution in [0.5, 0.6) is 0 Å². The average Bonchev–Trinajstić information content (AvgIpc) is 3.19. The SMILES string of the molecule is CC(=O)c1ccc(NC(=O)[C@H](C)Nc2ccc(-c3nc4ccccc4s3)cc2)cc1. The molecule has 0 bridgehead atoms. The van der Waals surface area contributed by atoms with Crippen LogP contribution in [-0.4, -0.2) is 22.7 Å². The molecule has 5 nitrogen and oxygen atoms in total. The number of amides is 1. The molecule has 3 aromatic carbocycles. The molecule has 4 aromatic rings. The number of nitrogens with one attached hydrogen (secondary N) is 2. The highest BCUT2D eigenvalue weighted by atomic mass is 32.1. The van der Waals surface area contributed by atoms with E-state index in [0.717, 1.165) is 26.5 Å². The third-order valence-corrected chi connectivity index (χ3v) is 5.85. The Bertz CT molecular complexity index is 1160. The molecule has 4 rings (SSSR count). The van der Waals surface area contributed by atoms with Crippen molar-refractivity contribution in [2.45, 2.75) is 19.9 Å². The standard InChI is InChI=1S/C24H21N3O2S/c1-15(23(29)26-20-11-7-17(8-12-20)16(2)28)25-19-13-9-18(10-14-19)24-27-21-5-3-4-6-22(21)30-24/h3-15,25H,1-2H3,(H,26,29)/t15-/m0/s1. The summed E-state index contributed by atoms with van der Waals surface area (Å²) >= 11 is 1.66. The molecule has 150 valence electrons. The fourth-order valence-corrected chi connectivity index (χ4v) is 4.03. The Balaban J connectivity index is 1.39. The molecular formula is C24H21N3O2S. The predicted molar refractivity (Wildman–Crippen MR) is 123 cm³/mol. The molecule has 0 fully saturated rings. The van der Waals surface area contributed by atoms with Crippen molar-refractivity contribution < 1.29 is 9.59 Å². The minimum Gasteiger partial charge on any atom is -0.374 e. The lowest BCUT2D eigenvalue weighted by Crippen LogP contribution is -2.31. The van der Waals surface area contributed by atoms with Crippen molar-refractivity contribution in [3.05, 3.63) is 78.4 Å². The first-order valence-electron chi connectivity index (χ1n) is 9.64. The summed E-state index contributed by atoms with van der Waals surface area (Å²) in [4.78, 5) is 28.5. The van der Waals surface area contributed by atoms with Crippen LogP contribution in [0.4, 0.5) is 11.4 Å². The van der Waals surface area contributed by atoms with Gasteiger partial charge in [0, 0.05) is 22.5 Å². The number of ketones is 1. The maximum Gasteiger partial charge on any atom is 0.246 e. The number of fused-ring (bicyclic) bond motifs is 1. The smallest absolute Gasteiger partial charge is 0.246 e. The highest BCUT2D eigenvalue weighted by Gasteiger charge is 2.13. The zero-order chi connectivity index (χ0) is 21.1. The van der Waals surface area contributed by atoms with Gasteiger partial charge in [-0.15, -0.1) is 11.3 Å². The fraction of sp³-hybridized carbons (Fsp3) is 0.125. The Morgan fingerprint density at radius 1 is 0.900 bits per heavy atom. The zero-order valence-corrected chi connectivity index (χ0v) is 17.5. The van der Waals surface area contributed by atoms with E-state index in [1.807, 2.05) is 42.5 Å². The number of carbonyl (C=O) groups excluding carboxylic acids is 2. The fourth-order valence-electron chi connectivity index (χ4n) is 3.06. The molecule has 1 heterocycles. The van der Waals surface area contributed by atoms with Gasteiger partial charge in [0.1, 0.15) is 11.0 Å². The Hall–Kier alpha value is -3.51. The number of carbonyl (C=O) groups is 2. The van der Waals surface area contributed by atoms with E-state index < -0.39 is 6.04 Å². The lowest BCUT2D eigenvalue weighted by atomic mass is 10.1. The van der Waals surface area contributed by atoms with Gasteiger partial charge in [-0.25, -0.2) is 4.98 Å². The van der Waals surface area contributed by atoms with Crippen LogP contribution in [0.15, 0.2) is 72.8 Å². The van der Waals surface area contributed by atoms with E-state index in [9.17, 15) is 9.59 Å². The molecular weight excluding hydrogens is 394 g/mol. The second-order valence-corrected chi connectivity index (χ2v) is 8.08. The van der Waals surface area contributed by atoms with Crippen molar-refractivity contribution in [1.82, 2.24) is 4.98 Å². The lowest BCUT2D eigenvalue weighted by molar-refractivity contribution is -0.116. The number of benzene rings is 3. The van der Waals surface area contributed by atoms with E-state index in [1.54, 1.807) is 42.5 Å². The van der Waals surface area contributed by atoms with Crippen LogP contribution in [-0.2, 0) is 4.79 Å². The van der Waals surface area contributed by atoms with Crippen molar-refractivity contribution in [1.29, 1.82) is 0 Å².